The molecule has 7 N–H and O–H groups in total. The number of amides is 5. The summed E-state index contributed by atoms with van der Waals surface area (Å²) in [6.07, 6.45) is -3.53. The van der Waals surface area contributed by atoms with E-state index in [1.165, 1.54) is 21.6 Å². The zero-order valence-electron chi connectivity index (χ0n) is 17.8. The van der Waals surface area contributed by atoms with Crippen molar-refractivity contribution in [2.24, 2.45) is 5.73 Å². The highest BCUT2D eigenvalue weighted by molar-refractivity contribution is 6.03. The third-order valence-corrected chi connectivity index (χ3v) is 7.07. The van der Waals surface area contributed by atoms with E-state index in [1.807, 2.05) is 0 Å². The number of hydrogen-bond donors (Lipinski definition) is 6. The van der Waals surface area contributed by atoms with Crippen molar-refractivity contribution in [1.82, 2.24) is 20.0 Å². The molecule has 5 rings (SSSR count). The molecular weight excluding hydrogens is 442 g/mol. The Labute approximate surface area is 188 Å². The van der Waals surface area contributed by atoms with Crippen molar-refractivity contribution in [2.45, 2.75) is 74.3 Å². The lowest BCUT2D eigenvalue weighted by Crippen LogP contribution is -2.82. The molecule has 182 valence electrons. The predicted molar refractivity (Wildman–Crippen MR) is 105 cm³/mol. The van der Waals surface area contributed by atoms with Crippen molar-refractivity contribution < 1.29 is 44.3 Å². The van der Waals surface area contributed by atoms with Crippen molar-refractivity contribution >= 4 is 18.0 Å². The van der Waals surface area contributed by atoms with Gasteiger partial charge in [0.05, 0.1) is 37.5 Å². The fourth-order valence-electron chi connectivity index (χ4n) is 5.24. The summed E-state index contributed by atoms with van der Waals surface area (Å²) in [5.74, 6) is -0.235. The molecule has 0 aliphatic carbocycles. The summed E-state index contributed by atoms with van der Waals surface area (Å²) in [6.45, 7) is 0.607. The van der Waals surface area contributed by atoms with Crippen LogP contribution in [0.1, 0.15) is 19.8 Å². The first-order chi connectivity index (χ1) is 15.6. The van der Waals surface area contributed by atoms with E-state index in [0.29, 0.717) is 5.82 Å². The molecule has 5 heterocycles. The van der Waals surface area contributed by atoms with E-state index in [1.54, 1.807) is 6.08 Å². The summed E-state index contributed by atoms with van der Waals surface area (Å²) in [5.41, 5.74) is 4.74. The van der Waals surface area contributed by atoms with Gasteiger partial charge < -0.3 is 35.6 Å². The Kier molecular flexibility index (Phi) is 5.17. The molecule has 14 heteroatoms. The summed E-state index contributed by atoms with van der Waals surface area (Å²) in [5, 5.41) is 41.0. The number of fused-ring (bicyclic) bond motifs is 1. The minimum absolute atomic E-state index is 0.000862. The molecule has 0 saturated carbocycles. The van der Waals surface area contributed by atoms with Gasteiger partial charge in [0.15, 0.2) is 0 Å². The Morgan fingerprint density at radius 3 is 2.18 bits per heavy atom. The van der Waals surface area contributed by atoms with Crippen molar-refractivity contribution in [2.75, 3.05) is 13.2 Å². The smallest absolute Gasteiger partial charge is 0.334 e. The predicted octanol–water partition coefficient (Wildman–Crippen LogP) is -3.48. The van der Waals surface area contributed by atoms with E-state index in [9.17, 15) is 34.8 Å². The fraction of sp³-hybridized carbons (Fsp3) is 0.737. The number of ether oxygens (including phenoxy) is 2. The molecule has 5 amide bonds. The van der Waals surface area contributed by atoms with Crippen molar-refractivity contribution in [1.29, 1.82) is 0 Å². The average Bonchev–Trinajstić information content (AvgIpc) is 3.29. The van der Waals surface area contributed by atoms with E-state index < -0.39 is 79.1 Å². The number of carbonyl (C=O) groups is 3. The largest absolute Gasteiger partial charge is 0.394 e. The summed E-state index contributed by atoms with van der Waals surface area (Å²) in [4.78, 5) is 42.3. The Bertz CT molecular complexity index is 912. The zero-order valence-corrected chi connectivity index (χ0v) is 17.8. The molecule has 5 aliphatic rings. The van der Waals surface area contributed by atoms with Crippen LogP contribution in [0.3, 0.4) is 0 Å². The van der Waals surface area contributed by atoms with Gasteiger partial charge in [0.1, 0.15) is 36.0 Å². The van der Waals surface area contributed by atoms with Crippen LogP contribution in [0.5, 0.6) is 0 Å². The first kappa shape index (κ1) is 22.5. The van der Waals surface area contributed by atoms with Gasteiger partial charge in [-0.1, -0.05) is 0 Å². The maximum absolute atomic E-state index is 13.0. The Morgan fingerprint density at radius 2 is 1.64 bits per heavy atom. The summed E-state index contributed by atoms with van der Waals surface area (Å²) < 4.78 is 11.2. The maximum atomic E-state index is 13.0. The number of rotatable bonds is 5. The van der Waals surface area contributed by atoms with Gasteiger partial charge >= 0.3 is 12.1 Å². The van der Waals surface area contributed by atoms with E-state index >= 15 is 0 Å². The molecule has 14 nitrogen and oxygen atoms in total. The minimum atomic E-state index is -1.60. The maximum Gasteiger partial charge on any atom is 0.334 e. The van der Waals surface area contributed by atoms with E-state index in [2.05, 4.69) is 5.32 Å². The lowest BCUT2D eigenvalue weighted by molar-refractivity contribution is -0.142. The molecule has 9 unspecified atom stereocenters. The second-order valence-corrected chi connectivity index (χ2v) is 9.16. The number of aliphatic hydroxyl groups excluding tert-OH is 4. The van der Waals surface area contributed by atoms with E-state index in [4.69, 9.17) is 15.2 Å². The number of nitrogens with two attached hydrogens (primary N) is 1. The van der Waals surface area contributed by atoms with Crippen molar-refractivity contribution in [3.05, 3.63) is 11.9 Å². The number of hydrogen-bond acceptors (Lipinski definition) is 10. The SMILES string of the molecule is CC1(N)C(=O)NC(=O)N(C2CC(O)C(CO)O2)C1C1C=C2N(C3CC(O)C(CO)O3)C(=O)N21. The molecule has 0 aromatic carbocycles. The molecule has 0 radical (unpaired) electrons. The molecule has 33 heavy (non-hydrogen) atoms. The van der Waals surface area contributed by atoms with Gasteiger partial charge in [-0.05, 0) is 13.0 Å². The summed E-state index contributed by atoms with van der Waals surface area (Å²) in [7, 11) is 0. The first-order valence-corrected chi connectivity index (χ1v) is 10.8. The first-order valence-electron chi connectivity index (χ1n) is 10.8. The topological polar surface area (TPSA) is 198 Å². The van der Waals surface area contributed by atoms with Gasteiger partial charge in [-0.15, -0.1) is 0 Å². The standard InChI is InChI=1S/C19H27N5O9/c1-19(20)15(24(17(30)21-16(19)29)14-4-9(28)11(6-26)33-14)7-2-12-22(7)18(31)23(12)13-3-8(27)10(5-25)32-13/h2,7-11,13-15,25-28H,3-6,20H2,1H3,(H,21,29,30). The normalized spacial score (nSPS) is 45.0. The molecule has 0 spiro atoms. The number of nitrogens with one attached hydrogen (secondary N) is 1. The molecule has 4 saturated heterocycles. The van der Waals surface area contributed by atoms with Gasteiger partial charge in [-0.3, -0.25) is 24.8 Å². The van der Waals surface area contributed by atoms with Crippen LogP contribution in [0.15, 0.2) is 11.9 Å². The molecule has 0 aromatic rings. The van der Waals surface area contributed by atoms with Gasteiger partial charge in [0.25, 0.3) is 0 Å². The monoisotopic (exact) mass is 469 g/mol. The highest BCUT2D eigenvalue weighted by atomic mass is 16.6. The van der Waals surface area contributed by atoms with Crippen LogP contribution in [0.2, 0.25) is 0 Å². The van der Waals surface area contributed by atoms with Crippen LogP contribution < -0.4 is 11.1 Å². The van der Waals surface area contributed by atoms with Crippen LogP contribution in [-0.4, -0.2) is 121 Å². The number of carbonyl (C=O) groups excluding carboxylic acids is 3. The van der Waals surface area contributed by atoms with Crippen LogP contribution in [0, 0.1) is 0 Å². The molecule has 5 aliphatic heterocycles. The molecule has 0 bridgehead atoms. The number of aliphatic hydroxyl groups is 4. The molecule has 4 fully saturated rings. The summed E-state index contributed by atoms with van der Waals surface area (Å²) in [6, 6.07) is -2.99. The van der Waals surface area contributed by atoms with Crippen molar-refractivity contribution in [3.8, 4) is 0 Å². The second kappa shape index (κ2) is 7.59. The second-order valence-electron chi connectivity index (χ2n) is 9.16. The zero-order chi connectivity index (χ0) is 23.8. The van der Waals surface area contributed by atoms with E-state index in [-0.39, 0.29) is 19.4 Å². The van der Waals surface area contributed by atoms with Gasteiger partial charge in [-0.25, -0.2) is 9.59 Å². The number of urea groups is 2. The number of imide groups is 1. The van der Waals surface area contributed by atoms with Gasteiger partial charge in [0, 0.05) is 12.8 Å². The fourth-order valence-corrected chi connectivity index (χ4v) is 5.24. The lowest BCUT2D eigenvalue weighted by Gasteiger charge is -2.61. The number of nitrogens with zero attached hydrogens (tertiary/aromatic N) is 3. The van der Waals surface area contributed by atoms with Gasteiger partial charge in [0.2, 0.25) is 5.91 Å². The third-order valence-electron chi connectivity index (χ3n) is 7.07. The minimum Gasteiger partial charge on any atom is -0.394 e. The van der Waals surface area contributed by atoms with E-state index in [0.717, 1.165) is 0 Å². The Morgan fingerprint density at radius 1 is 1.06 bits per heavy atom. The highest BCUT2D eigenvalue weighted by Crippen LogP contribution is 2.46. The Balaban J connectivity index is 1.41. The van der Waals surface area contributed by atoms with Crippen LogP contribution >= 0.6 is 0 Å². The van der Waals surface area contributed by atoms with Crippen LogP contribution in [-0.2, 0) is 14.3 Å². The van der Waals surface area contributed by atoms with Crippen LogP contribution in [0.4, 0.5) is 9.59 Å². The lowest BCUT2D eigenvalue weighted by atomic mass is 9.79. The summed E-state index contributed by atoms with van der Waals surface area (Å²) >= 11 is 0. The molecule has 0 aromatic heterocycles. The van der Waals surface area contributed by atoms with Crippen LogP contribution in [0.25, 0.3) is 0 Å². The Hall–Kier alpha value is -2.33. The molecule has 9 atom stereocenters. The quantitative estimate of drug-likeness (QED) is 0.235. The van der Waals surface area contributed by atoms with Gasteiger partial charge in [-0.2, -0.15) is 0 Å². The molecular formula is C19H27N5O9. The average molecular weight is 469 g/mol. The highest BCUT2D eigenvalue weighted by Gasteiger charge is 2.64. The third kappa shape index (κ3) is 3.10. The van der Waals surface area contributed by atoms with Crippen molar-refractivity contribution in [3.63, 3.8) is 0 Å².